The number of carbonyl (C=O) groups is 2. The van der Waals surface area contributed by atoms with Crippen molar-refractivity contribution in [3.8, 4) is 0 Å². The lowest BCUT2D eigenvalue weighted by Gasteiger charge is -2.38. The Labute approximate surface area is 102 Å². The summed E-state index contributed by atoms with van der Waals surface area (Å²) in [6.07, 6.45) is 3.68. The topological polar surface area (TPSA) is 49.4 Å². The van der Waals surface area contributed by atoms with Crippen molar-refractivity contribution in [2.24, 2.45) is 11.3 Å². The fourth-order valence-electron chi connectivity index (χ4n) is 2.09. The second kappa shape index (κ2) is 4.17. The summed E-state index contributed by atoms with van der Waals surface area (Å²) in [6, 6.07) is 0.235. The minimum Gasteiger partial charge on any atom is -0.353 e. The Bertz CT molecular complexity index is 354. The van der Waals surface area contributed by atoms with Crippen molar-refractivity contribution in [2.45, 2.75) is 32.7 Å². The van der Waals surface area contributed by atoms with Crippen LogP contribution in [-0.2, 0) is 9.59 Å². The summed E-state index contributed by atoms with van der Waals surface area (Å²) in [4.78, 5) is 24.8. The number of nitrogens with zero attached hydrogens (tertiary/aromatic N) is 1. The van der Waals surface area contributed by atoms with Gasteiger partial charge in [-0.15, -0.1) is 0 Å². The molecule has 0 aromatic rings. The molecule has 1 heterocycles. The van der Waals surface area contributed by atoms with Gasteiger partial charge < -0.3 is 10.2 Å². The van der Waals surface area contributed by atoms with E-state index in [0.717, 1.165) is 0 Å². The van der Waals surface area contributed by atoms with Crippen molar-refractivity contribution in [2.75, 3.05) is 13.1 Å². The lowest BCUT2D eigenvalue weighted by Crippen LogP contribution is -2.56. The van der Waals surface area contributed by atoms with Crippen molar-refractivity contribution >= 4 is 11.8 Å². The number of carbonyl (C=O) groups excluding carboxylic acids is 2. The van der Waals surface area contributed by atoms with Gasteiger partial charge in [-0.25, -0.2) is 0 Å². The predicted octanol–water partition coefficient (Wildman–Crippen LogP) is 0.936. The molecule has 0 bridgehead atoms. The van der Waals surface area contributed by atoms with E-state index in [2.05, 4.69) is 25.7 Å². The number of rotatable bonds is 4. The van der Waals surface area contributed by atoms with E-state index in [1.165, 1.54) is 18.9 Å². The van der Waals surface area contributed by atoms with Crippen LogP contribution < -0.4 is 5.32 Å². The van der Waals surface area contributed by atoms with Crippen molar-refractivity contribution in [3.05, 3.63) is 12.7 Å². The zero-order chi connectivity index (χ0) is 12.6. The minimum atomic E-state index is -0.0868. The minimum absolute atomic E-state index is 0.0382. The third-order valence-electron chi connectivity index (χ3n) is 4.18. The largest absolute Gasteiger partial charge is 0.353 e. The first-order chi connectivity index (χ1) is 7.96. The number of hydrogen-bond acceptors (Lipinski definition) is 2. The van der Waals surface area contributed by atoms with Gasteiger partial charge in [-0.05, 0) is 31.3 Å². The Morgan fingerprint density at radius 1 is 1.47 bits per heavy atom. The maximum atomic E-state index is 11.9. The molecule has 1 unspecified atom stereocenters. The van der Waals surface area contributed by atoms with Crippen LogP contribution >= 0.6 is 0 Å². The van der Waals surface area contributed by atoms with Crippen LogP contribution in [0.1, 0.15) is 26.7 Å². The maximum absolute atomic E-state index is 11.9. The van der Waals surface area contributed by atoms with Gasteiger partial charge in [0.25, 0.3) is 0 Å². The van der Waals surface area contributed by atoms with Crippen molar-refractivity contribution in [3.63, 3.8) is 0 Å². The van der Waals surface area contributed by atoms with Crippen LogP contribution in [0.2, 0.25) is 0 Å². The molecule has 1 aliphatic carbocycles. The van der Waals surface area contributed by atoms with Gasteiger partial charge in [0, 0.05) is 19.1 Å². The van der Waals surface area contributed by atoms with Crippen LogP contribution in [0.3, 0.4) is 0 Å². The van der Waals surface area contributed by atoms with E-state index in [1.807, 2.05) is 0 Å². The first-order valence-electron chi connectivity index (χ1n) is 6.18. The molecule has 0 spiro atoms. The molecule has 94 valence electrons. The quantitative estimate of drug-likeness (QED) is 0.738. The summed E-state index contributed by atoms with van der Waals surface area (Å²) in [6.45, 7) is 8.75. The lowest BCUT2D eigenvalue weighted by atomic mass is 9.96. The van der Waals surface area contributed by atoms with Crippen LogP contribution in [0.25, 0.3) is 0 Å². The highest BCUT2D eigenvalue weighted by atomic mass is 16.2. The standard InChI is InChI=1S/C13H20N2O2/c1-4-11(16)15-7-10(8-15)12(17)14-9(2)13(3)5-6-13/h4,9-10H,1,5-8H2,2-3H3,(H,14,17). The smallest absolute Gasteiger partial charge is 0.246 e. The molecule has 0 aromatic heterocycles. The van der Waals surface area contributed by atoms with E-state index < -0.39 is 0 Å². The number of amides is 2. The predicted molar refractivity (Wildman–Crippen MR) is 65.2 cm³/mol. The van der Waals surface area contributed by atoms with Crippen LogP contribution in [0.15, 0.2) is 12.7 Å². The van der Waals surface area contributed by atoms with Crippen molar-refractivity contribution in [1.29, 1.82) is 0 Å². The molecular formula is C13H20N2O2. The van der Waals surface area contributed by atoms with Gasteiger partial charge in [-0.3, -0.25) is 9.59 Å². The Morgan fingerprint density at radius 3 is 2.53 bits per heavy atom. The molecule has 4 nitrogen and oxygen atoms in total. The van der Waals surface area contributed by atoms with Crippen LogP contribution in [-0.4, -0.2) is 35.8 Å². The van der Waals surface area contributed by atoms with Crippen LogP contribution in [0.4, 0.5) is 0 Å². The van der Waals surface area contributed by atoms with Gasteiger partial charge in [-0.2, -0.15) is 0 Å². The first-order valence-corrected chi connectivity index (χ1v) is 6.18. The number of nitrogens with one attached hydrogen (secondary N) is 1. The molecule has 0 aromatic carbocycles. The highest BCUT2D eigenvalue weighted by molar-refractivity contribution is 5.90. The highest BCUT2D eigenvalue weighted by Gasteiger charge is 2.44. The molecule has 2 fully saturated rings. The monoisotopic (exact) mass is 236 g/mol. The van der Waals surface area contributed by atoms with Gasteiger partial charge in [0.2, 0.25) is 11.8 Å². The van der Waals surface area contributed by atoms with Gasteiger partial charge in [-0.1, -0.05) is 13.5 Å². The third-order valence-corrected chi connectivity index (χ3v) is 4.18. The summed E-state index contributed by atoms with van der Waals surface area (Å²) >= 11 is 0. The fourth-order valence-corrected chi connectivity index (χ4v) is 2.09. The Balaban J connectivity index is 1.76. The second-order valence-electron chi connectivity index (χ2n) is 5.53. The molecule has 0 radical (unpaired) electrons. The highest BCUT2D eigenvalue weighted by Crippen LogP contribution is 2.48. The lowest BCUT2D eigenvalue weighted by molar-refractivity contribution is -0.139. The first kappa shape index (κ1) is 12.1. The Kier molecular flexibility index (Phi) is 2.98. The van der Waals surface area contributed by atoms with Gasteiger partial charge >= 0.3 is 0 Å². The van der Waals surface area contributed by atoms with E-state index in [1.54, 1.807) is 4.90 Å². The van der Waals surface area contributed by atoms with E-state index in [0.29, 0.717) is 18.5 Å². The van der Waals surface area contributed by atoms with Gasteiger partial charge in [0.15, 0.2) is 0 Å². The molecule has 2 aliphatic rings. The SMILES string of the molecule is C=CC(=O)N1CC(C(=O)NC(C)C2(C)CC2)C1. The Hall–Kier alpha value is -1.32. The van der Waals surface area contributed by atoms with Gasteiger partial charge in [0.05, 0.1) is 5.92 Å². The summed E-state index contributed by atoms with van der Waals surface area (Å²) in [5.74, 6) is -0.0429. The zero-order valence-corrected chi connectivity index (χ0v) is 10.5. The molecule has 4 heteroatoms. The normalized spacial score (nSPS) is 23.5. The second-order valence-corrected chi connectivity index (χ2v) is 5.53. The fraction of sp³-hybridized carbons (Fsp3) is 0.692. The summed E-state index contributed by atoms with van der Waals surface area (Å²) in [7, 11) is 0. The molecule has 1 saturated heterocycles. The van der Waals surface area contributed by atoms with E-state index in [4.69, 9.17) is 0 Å². The maximum Gasteiger partial charge on any atom is 0.246 e. The van der Waals surface area contributed by atoms with Crippen LogP contribution in [0.5, 0.6) is 0 Å². The van der Waals surface area contributed by atoms with Crippen molar-refractivity contribution in [1.82, 2.24) is 10.2 Å². The Morgan fingerprint density at radius 2 is 2.06 bits per heavy atom. The average Bonchev–Trinajstić information content (AvgIpc) is 2.95. The molecule has 2 rings (SSSR count). The molecule has 2 amide bonds. The van der Waals surface area contributed by atoms with E-state index >= 15 is 0 Å². The van der Waals surface area contributed by atoms with Crippen molar-refractivity contribution < 1.29 is 9.59 Å². The molecule has 1 saturated carbocycles. The molecule has 1 atom stereocenters. The third kappa shape index (κ3) is 2.35. The zero-order valence-electron chi connectivity index (χ0n) is 10.5. The summed E-state index contributed by atoms with van der Waals surface area (Å²) in [5.41, 5.74) is 0.302. The average molecular weight is 236 g/mol. The van der Waals surface area contributed by atoms with Gasteiger partial charge in [0.1, 0.15) is 0 Å². The molecular weight excluding hydrogens is 216 g/mol. The van der Waals surface area contributed by atoms with E-state index in [-0.39, 0.29) is 23.8 Å². The number of hydrogen-bond donors (Lipinski definition) is 1. The molecule has 17 heavy (non-hydrogen) atoms. The van der Waals surface area contributed by atoms with Crippen LogP contribution in [0, 0.1) is 11.3 Å². The number of likely N-dealkylation sites (tertiary alicyclic amines) is 1. The summed E-state index contributed by atoms with van der Waals surface area (Å²) in [5, 5.41) is 3.06. The summed E-state index contributed by atoms with van der Waals surface area (Å²) < 4.78 is 0. The molecule has 1 N–H and O–H groups in total. The van der Waals surface area contributed by atoms with E-state index in [9.17, 15) is 9.59 Å². The molecule has 1 aliphatic heterocycles.